The Labute approximate surface area is 111 Å². The number of hydrogen-bond acceptors (Lipinski definition) is 2. The lowest BCUT2D eigenvalue weighted by atomic mass is 9.83. The van der Waals surface area contributed by atoms with E-state index in [4.69, 9.17) is 5.73 Å². The monoisotopic (exact) mass is 246 g/mol. The van der Waals surface area contributed by atoms with Crippen molar-refractivity contribution in [2.24, 2.45) is 0 Å². The number of nitrogen functional groups attached to an aromatic ring is 1. The Hall–Kier alpha value is -1.02. The molecular formula is C16H26N2. The van der Waals surface area contributed by atoms with Crippen LogP contribution in [-0.4, -0.2) is 24.0 Å². The maximum absolute atomic E-state index is 5.77. The molecule has 1 heterocycles. The van der Waals surface area contributed by atoms with Gasteiger partial charge in [-0.05, 0) is 44.0 Å². The molecule has 0 saturated carbocycles. The highest BCUT2D eigenvalue weighted by molar-refractivity contribution is 5.41. The molecule has 1 aromatic rings. The zero-order valence-electron chi connectivity index (χ0n) is 11.9. The fourth-order valence-electron chi connectivity index (χ4n) is 2.93. The predicted octanol–water partition coefficient (Wildman–Crippen LogP) is 3.42. The molecule has 1 aromatic carbocycles. The number of rotatable bonds is 3. The van der Waals surface area contributed by atoms with Gasteiger partial charge in [0.05, 0.1) is 0 Å². The van der Waals surface area contributed by atoms with Crippen molar-refractivity contribution < 1.29 is 0 Å². The summed E-state index contributed by atoms with van der Waals surface area (Å²) in [5, 5.41) is 0. The molecule has 1 fully saturated rings. The molecule has 100 valence electrons. The van der Waals surface area contributed by atoms with Gasteiger partial charge in [-0.15, -0.1) is 0 Å². The molecule has 0 aliphatic carbocycles. The summed E-state index contributed by atoms with van der Waals surface area (Å²) in [4.78, 5) is 2.64. The summed E-state index contributed by atoms with van der Waals surface area (Å²) in [6.07, 6.45) is 4.08. The highest BCUT2D eigenvalue weighted by atomic mass is 15.2. The Balaban J connectivity index is 2.08. The van der Waals surface area contributed by atoms with Crippen LogP contribution in [0.1, 0.15) is 45.6 Å². The van der Waals surface area contributed by atoms with Gasteiger partial charge in [0.15, 0.2) is 0 Å². The van der Waals surface area contributed by atoms with E-state index in [9.17, 15) is 0 Å². The van der Waals surface area contributed by atoms with Gasteiger partial charge >= 0.3 is 0 Å². The Kier molecular flexibility index (Phi) is 3.96. The summed E-state index contributed by atoms with van der Waals surface area (Å²) in [6, 6.07) is 9.09. The van der Waals surface area contributed by atoms with Crippen LogP contribution in [0.25, 0.3) is 0 Å². The summed E-state index contributed by atoms with van der Waals surface area (Å²) in [7, 11) is 0. The van der Waals surface area contributed by atoms with Gasteiger partial charge < -0.3 is 5.73 Å². The number of benzene rings is 1. The van der Waals surface area contributed by atoms with E-state index in [-0.39, 0.29) is 5.41 Å². The molecule has 2 N–H and O–H groups in total. The first-order chi connectivity index (χ1) is 8.49. The van der Waals surface area contributed by atoms with Gasteiger partial charge in [-0.2, -0.15) is 0 Å². The van der Waals surface area contributed by atoms with E-state index in [1.807, 2.05) is 12.1 Å². The third-order valence-electron chi connectivity index (χ3n) is 4.23. The third kappa shape index (κ3) is 3.05. The number of nitrogens with two attached hydrogens (primary N) is 1. The Morgan fingerprint density at radius 2 is 1.89 bits per heavy atom. The highest BCUT2D eigenvalue weighted by Crippen LogP contribution is 2.28. The second-order valence-electron chi connectivity index (χ2n) is 6.32. The van der Waals surface area contributed by atoms with Gasteiger partial charge in [0.1, 0.15) is 0 Å². The molecule has 2 heteroatoms. The van der Waals surface area contributed by atoms with E-state index in [0.29, 0.717) is 0 Å². The molecule has 2 nitrogen and oxygen atoms in total. The standard InChI is InChI=1S/C16H26N2/c1-13-6-4-5-11-18(13)12-16(2,3)14-7-9-15(17)10-8-14/h7-10,13H,4-6,11-12,17H2,1-3H3. The molecule has 0 amide bonds. The molecule has 1 saturated heterocycles. The third-order valence-corrected chi connectivity index (χ3v) is 4.23. The van der Waals surface area contributed by atoms with Crippen molar-refractivity contribution in [3.8, 4) is 0 Å². The summed E-state index contributed by atoms with van der Waals surface area (Å²) in [5.41, 5.74) is 8.19. The molecule has 1 atom stereocenters. The van der Waals surface area contributed by atoms with Crippen molar-refractivity contribution in [2.75, 3.05) is 18.8 Å². The number of hydrogen-bond donors (Lipinski definition) is 1. The van der Waals surface area contributed by atoms with Crippen LogP contribution in [-0.2, 0) is 5.41 Å². The largest absolute Gasteiger partial charge is 0.399 e. The van der Waals surface area contributed by atoms with E-state index >= 15 is 0 Å². The zero-order chi connectivity index (χ0) is 13.2. The minimum Gasteiger partial charge on any atom is -0.399 e. The first-order valence-corrected chi connectivity index (χ1v) is 7.09. The normalized spacial score (nSPS) is 22.1. The summed E-state index contributed by atoms with van der Waals surface area (Å²) in [5.74, 6) is 0. The maximum Gasteiger partial charge on any atom is 0.0314 e. The van der Waals surface area contributed by atoms with Crippen LogP contribution >= 0.6 is 0 Å². The van der Waals surface area contributed by atoms with Crippen LogP contribution in [0.15, 0.2) is 24.3 Å². The number of piperidine rings is 1. The minimum atomic E-state index is 0.194. The zero-order valence-corrected chi connectivity index (χ0v) is 11.9. The summed E-state index contributed by atoms with van der Waals surface area (Å²) in [6.45, 7) is 9.41. The average Bonchev–Trinajstić information content (AvgIpc) is 2.32. The highest BCUT2D eigenvalue weighted by Gasteiger charge is 2.27. The van der Waals surface area contributed by atoms with E-state index in [0.717, 1.165) is 18.3 Å². The van der Waals surface area contributed by atoms with Gasteiger partial charge in [-0.25, -0.2) is 0 Å². The second-order valence-corrected chi connectivity index (χ2v) is 6.32. The SMILES string of the molecule is CC1CCCCN1CC(C)(C)c1ccc(N)cc1. The molecule has 0 bridgehead atoms. The van der Waals surface area contributed by atoms with E-state index < -0.39 is 0 Å². The molecule has 1 aliphatic rings. The fourth-order valence-corrected chi connectivity index (χ4v) is 2.93. The first kappa shape index (κ1) is 13.4. The predicted molar refractivity (Wildman–Crippen MR) is 78.8 cm³/mol. The molecule has 18 heavy (non-hydrogen) atoms. The topological polar surface area (TPSA) is 29.3 Å². The molecule has 0 radical (unpaired) electrons. The van der Waals surface area contributed by atoms with Gasteiger partial charge in [-0.1, -0.05) is 32.4 Å². The van der Waals surface area contributed by atoms with Crippen molar-refractivity contribution in [3.63, 3.8) is 0 Å². The quantitative estimate of drug-likeness (QED) is 0.828. The Morgan fingerprint density at radius 1 is 1.22 bits per heavy atom. The lowest BCUT2D eigenvalue weighted by Gasteiger charge is -2.39. The van der Waals surface area contributed by atoms with Gasteiger partial charge in [-0.3, -0.25) is 4.90 Å². The second kappa shape index (κ2) is 5.31. The van der Waals surface area contributed by atoms with E-state index in [1.54, 1.807) is 0 Å². The van der Waals surface area contributed by atoms with Gasteiger partial charge in [0, 0.05) is 23.7 Å². The van der Waals surface area contributed by atoms with E-state index in [2.05, 4.69) is 37.8 Å². The van der Waals surface area contributed by atoms with Gasteiger partial charge in [0.25, 0.3) is 0 Å². The summed E-state index contributed by atoms with van der Waals surface area (Å²) < 4.78 is 0. The van der Waals surface area contributed by atoms with E-state index in [1.165, 1.54) is 31.4 Å². The van der Waals surface area contributed by atoms with Crippen molar-refractivity contribution in [2.45, 2.75) is 51.5 Å². The lowest BCUT2D eigenvalue weighted by molar-refractivity contribution is 0.132. The summed E-state index contributed by atoms with van der Waals surface area (Å²) >= 11 is 0. The minimum absolute atomic E-state index is 0.194. The number of nitrogens with zero attached hydrogens (tertiary/aromatic N) is 1. The molecule has 1 unspecified atom stereocenters. The molecule has 1 aliphatic heterocycles. The number of likely N-dealkylation sites (tertiary alicyclic amines) is 1. The van der Waals surface area contributed by atoms with Crippen LogP contribution in [0.4, 0.5) is 5.69 Å². The lowest BCUT2D eigenvalue weighted by Crippen LogP contribution is -2.44. The van der Waals surface area contributed by atoms with Crippen molar-refractivity contribution in [3.05, 3.63) is 29.8 Å². The van der Waals surface area contributed by atoms with Crippen molar-refractivity contribution in [1.82, 2.24) is 4.90 Å². The van der Waals surface area contributed by atoms with Gasteiger partial charge in [0.2, 0.25) is 0 Å². The average molecular weight is 246 g/mol. The molecule has 0 spiro atoms. The first-order valence-electron chi connectivity index (χ1n) is 7.09. The Morgan fingerprint density at radius 3 is 2.50 bits per heavy atom. The molecule has 0 aromatic heterocycles. The molecule has 2 rings (SSSR count). The maximum atomic E-state index is 5.77. The number of anilines is 1. The molecular weight excluding hydrogens is 220 g/mol. The van der Waals surface area contributed by atoms with Crippen LogP contribution in [0.3, 0.4) is 0 Å². The fraction of sp³-hybridized carbons (Fsp3) is 0.625. The van der Waals surface area contributed by atoms with Crippen LogP contribution in [0, 0.1) is 0 Å². The van der Waals surface area contributed by atoms with Crippen LogP contribution in [0.5, 0.6) is 0 Å². The van der Waals surface area contributed by atoms with Crippen molar-refractivity contribution >= 4 is 5.69 Å². The van der Waals surface area contributed by atoms with Crippen LogP contribution in [0.2, 0.25) is 0 Å². The van der Waals surface area contributed by atoms with Crippen molar-refractivity contribution in [1.29, 1.82) is 0 Å². The van der Waals surface area contributed by atoms with Crippen LogP contribution < -0.4 is 5.73 Å². The smallest absolute Gasteiger partial charge is 0.0314 e. The Bertz CT molecular complexity index is 381.